The molecule has 0 spiro atoms. The minimum atomic E-state index is 0.861. The fraction of sp³-hybridized carbons (Fsp3) is 0. The lowest BCUT2D eigenvalue weighted by Crippen LogP contribution is -1.99. The van der Waals surface area contributed by atoms with E-state index in [1.165, 1.54) is 43.6 Å². The molecule has 4 heteroatoms. The Bertz CT molecular complexity index is 2470. The van der Waals surface area contributed by atoms with Gasteiger partial charge in [0.15, 0.2) is 0 Å². The Morgan fingerprint density at radius 3 is 1.71 bits per heavy atom. The maximum absolute atomic E-state index is 4.95. The lowest BCUT2D eigenvalue weighted by atomic mass is 10.1. The fourth-order valence-electron chi connectivity index (χ4n) is 6.51. The van der Waals surface area contributed by atoms with Gasteiger partial charge in [-0.05, 0) is 48.5 Å². The zero-order chi connectivity index (χ0) is 27.6. The maximum atomic E-state index is 4.95. The van der Waals surface area contributed by atoms with Gasteiger partial charge in [0.2, 0.25) is 0 Å². The predicted octanol–water partition coefficient (Wildman–Crippen LogP) is 9.49. The van der Waals surface area contributed by atoms with Gasteiger partial charge in [0.25, 0.3) is 0 Å². The van der Waals surface area contributed by atoms with Crippen molar-refractivity contribution in [3.63, 3.8) is 0 Å². The van der Waals surface area contributed by atoms with E-state index < -0.39 is 0 Å². The van der Waals surface area contributed by atoms with Crippen LogP contribution in [0.3, 0.4) is 0 Å². The number of hydrogen-bond acceptors (Lipinski definition) is 2. The summed E-state index contributed by atoms with van der Waals surface area (Å²) in [5, 5.41) is 4.95. The van der Waals surface area contributed by atoms with E-state index in [1.54, 1.807) is 0 Å². The molecule has 6 aromatic carbocycles. The fourth-order valence-corrected chi connectivity index (χ4v) is 6.51. The number of rotatable bonds is 3. The third-order valence-corrected chi connectivity index (χ3v) is 8.33. The molecule has 0 N–H and O–H groups in total. The summed E-state index contributed by atoms with van der Waals surface area (Å²) in [6.45, 7) is 0. The summed E-state index contributed by atoms with van der Waals surface area (Å²) in [7, 11) is 0. The van der Waals surface area contributed by atoms with Crippen LogP contribution in [-0.2, 0) is 0 Å². The van der Waals surface area contributed by atoms with E-state index in [2.05, 4.69) is 129 Å². The van der Waals surface area contributed by atoms with Gasteiger partial charge in [-0.25, -0.2) is 4.98 Å². The van der Waals surface area contributed by atoms with Crippen molar-refractivity contribution in [3.05, 3.63) is 146 Å². The van der Waals surface area contributed by atoms with Crippen molar-refractivity contribution in [1.82, 2.24) is 19.1 Å². The van der Waals surface area contributed by atoms with Gasteiger partial charge >= 0.3 is 0 Å². The van der Waals surface area contributed by atoms with Crippen LogP contribution in [0.4, 0.5) is 0 Å². The van der Waals surface area contributed by atoms with Crippen molar-refractivity contribution in [3.8, 4) is 22.6 Å². The van der Waals surface area contributed by atoms with E-state index >= 15 is 0 Å². The molecule has 9 rings (SSSR count). The summed E-state index contributed by atoms with van der Waals surface area (Å²) < 4.78 is 4.84. The number of benzene rings is 6. The number of hydrogen-bond donors (Lipinski definition) is 0. The second-order valence-corrected chi connectivity index (χ2v) is 10.7. The minimum Gasteiger partial charge on any atom is -0.307 e. The van der Waals surface area contributed by atoms with E-state index in [4.69, 9.17) is 4.98 Å². The van der Waals surface area contributed by atoms with Crippen LogP contribution in [0.2, 0.25) is 0 Å². The largest absolute Gasteiger partial charge is 0.307 e. The highest BCUT2D eigenvalue weighted by Gasteiger charge is 2.21. The third-order valence-electron chi connectivity index (χ3n) is 8.33. The second kappa shape index (κ2) is 8.88. The van der Waals surface area contributed by atoms with Gasteiger partial charge in [0, 0.05) is 38.5 Å². The first kappa shape index (κ1) is 23.0. The Kier molecular flexibility index (Phi) is 4.87. The molecule has 4 nitrogen and oxygen atoms in total. The summed E-state index contributed by atoms with van der Waals surface area (Å²) >= 11 is 0. The average Bonchev–Trinajstić information content (AvgIpc) is 3.58. The number of para-hydroxylation sites is 5. The van der Waals surface area contributed by atoms with Crippen molar-refractivity contribution in [2.75, 3.05) is 0 Å². The standard InChI is InChI=1S/C38H24N4/c1-2-12-26(13-3-1)41-35-19-8-4-15-28(35)30-21-22-31-29-16-5-9-20-36(29)42(38(31)37(30)41)27-14-10-11-25(23-27)34-24-39-32-17-6-7-18-33(32)40-34/h1-24H. The van der Waals surface area contributed by atoms with E-state index in [0.717, 1.165) is 33.7 Å². The summed E-state index contributed by atoms with van der Waals surface area (Å²) in [5.41, 5.74) is 10.7. The third kappa shape index (κ3) is 3.29. The van der Waals surface area contributed by atoms with Crippen LogP contribution in [0.1, 0.15) is 0 Å². The van der Waals surface area contributed by atoms with E-state index in [-0.39, 0.29) is 0 Å². The van der Waals surface area contributed by atoms with Crippen molar-refractivity contribution in [2.45, 2.75) is 0 Å². The molecule has 0 atom stereocenters. The van der Waals surface area contributed by atoms with Crippen LogP contribution in [0, 0.1) is 0 Å². The Morgan fingerprint density at radius 1 is 0.429 bits per heavy atom. The van der Waals surface area contributed by atoms with Gasteiger partial charge in [0.05, 0.1) is 45.0 Å². The maximum Gasteiger partial charge on any atom is 0.0894 e. The van der Waals surface area contributed by atoms with Crippen LogP contribution >= 0.6 is 0 Å². The number of fused-ring (bicyclic) bond motifs is 8. The van der Waals surface area contributed by atoms with E-state index in [1.807, 2.05) is 30.5 Å². The SMILES string of the molecule is c1ccc(-n2c3ccccc3c3ccc4c5ccccc5n(-c5cccc(-c6cnc7ccccc7n6)c5)c4c32)cc1. The molecule has 0 bridgehead atoms. The van der Waals surface area contributed by atoms with E-state index in [9.17, 15) is 0 Å². The summed E-state index contributed by atoms with van der Waals surface area (Å²) in [6.07, 6.45) is 1.87. The summed E-state index contributed by atoms with van der Waals surface area (Å²) in [5.74, 6) is 0. The molecule has 0 fully saturated rings. The van der Waals surface area contributed by atoms with Crippen LogP contribution in [-0.4, -0.2) is 19.1 Å². The Labute approximate surface area is 241 Å². The van der Waals surface area contributed by atoms with Crippen LogP contribution in [0.15, 0.2) is 146 Å². The zero-order valence-corrected chi connectivity index (χ0v) is 22.6. The molecular weight excluding hydrogens is 512 g/mol. The monoisotopic (exact) mass is 536 g/mol. The molecule has 42 heavy (non-hydrogen) atoms. The molecule has 0 aliphatic carbocycles. The second-order valence-electron chi connectivity index (χ2n) is 10.7. The molecule has 196 valence electrons. The van der Waals surface area contributed by atoms with E-state index in [0.29, 0.717) is 0 Å². The predicted molar refractivity (Wildman–Crippen MR) is 174 cm³/mol. The lowest BCUT2D eigenvalue weighted by Gasteiger charge is -2.13. The van der Waals surface area contributed by atoms with Crippen LogP contribution in [0.5, 0.6) is 0 Å². The van der Waals surface area contributed by atoms with Crippen molar-refractivity contribution in [2.24, 2.45) is 0 Å². The molecule has 3 heterocycles. The number of nitrogens with zero attached hydrogens (tertiary/aromatic N) is 4. The molecule has 0 saturated heterocycles. The highest BCUT2D eigenvalue weighted by atomic mass is 15.0. The van der Waals surface area contributed by atoms with Gasteiger partial charge in [-0.3, -0.25) is 4.98 Å². The van der Waals surface area contributed by atoms with Crippen molar-refractivity contribution in [1.29, 1.82) is 0 Å². The van der Waals surface area contributed by atoms with Gasteiger partial charge in [-0.1, -0.05) is 91.0 Å². The molecule has 0 unspecified atom stereocenters. The van der Waals surface area contributed by atoms with Crippen LogP contribution < -0.4 is 0 Å². The lowest BCUT2D eigenvalue weighted by molar-refractivity contribution is 1.15. The molecule has 0 saturated carbocycles. The summed E-state index contributed by atoms with van der Waals surface area (Å²) in [6, 6.07) is 49.4. The minimum absolute atomic E-state index is 0.861. The first-order chi connectivity index (χ1) is 20.8. The van der Waals surface area contributed by atoms with Crippen molar-refractivity contribution < 1.29 is 0 Å². The highest BCUT2D eigenvalue weighted by molar-refractivity contribution is 6.23. The molecule has 0 aliphatic heterocycles. The topological polar surface area (TPSA) is 35.6 Å². The zero-order valence-electron chi connectivity index (χ0n) is 22.6. The average molecular weight is 537 g/mol. The summed E-state index contributed by atoms with van der Waals surface area (Å²) in [4.78, 5) is 9.64. The van der Waals surface area contributed by atoms with Crippen LogP contribution in [0.25, 0.3) is 77.3 Å². The Hall–Kier alpha value is -5.74. The molecule has 9 aromatic rings. The smallest absolute Gasteiger partial charge is 0.0894 e. The first-order valence-corrected chi connectivity index (χ1v) is 14.2. The molecule has 3 aromatic heterocycles. The van der Waals surface area contributed by atoms with Crippen molar-refractivity contribution >= 4 is 54.6 Å². The van der Waals surface area contributed by atoms with Gasteiger partial charge in [0.1, 0.15) is 0 Å². The molecule has 0 amide bonds. The Morgan fingerprint density at radius 2 is 1.00 bits per heavy atom. The normalized spacial score (nSPS) is 11.8. The molecular formula is C38H24N4. The van der Waals surface area contributed by atoms with Gasteiger partial charge in [-0.2, -0.15) is 0 Å². The van der Waals surface area contributed by atoms with Gasteiger partial charge in [-0.15, -0.1) is 0 Å². The van der Waals surface area contributed by atoms with Gasteiger partial charge < -0.3 is 9.13 Å². The molecule has 0 radical (unpaired) electrons. The Balaban J connectivity index is 1.41. The highest BCUT2D eigenvalue weighted by Crippen LogP contribution is 2.41. The number of aromatic nitrogens is 4. The quantitative estimate of drug-likeness (QED) is 0.225. The molecule has 0 aliphatic rings. The first-order valence-electron chi connectivity index (χ1n) is 14.2.